The molecule has 1 saturated heterocycles. The Kier molecular flexibility index (Phi) is 5.89. The molecular weight excluding hydrogens is 502 g/mol. The van der Waals surface area contributed by atoms with Gasteiger partial charge in [-0.05, 0) is 49.3 Å². The fourth-order valence-corrected chi connectivity index (χ4v) is 5.51. The number of nitrogens with one attached hydrogen (secondary N) is 2. The SMILES string of the molecule is CCC1CCN(c2ncc(Cl)c(Nc3ccc4c(c3)c3c(c(=O)n4C)OCC(F)(F)C(C4CC4)N3)n2)C1. The molecule has 2 aromatic heterocycles. The molecule has 0 amide bonds. The molecule has 6 rings (SSSR count). The maximum Gasteiger partial charge on any atom is 0.301 e. The number of halogens is 3. The van der Waals surface area contributed by atoms with Crippen molar-refractivity contribution in [1.29, 1.82) is 0 Å². The zero-order valence-corrected chi connectivity index (χ0v) is 21.5. The van der Waals surface area contributed by atoms with Crippen molar-refractivity contribution in [3.8, 4) is 5.75 Å². The van der Waals surface area contributed by atoms with Crippen molar-refractivity contribution >= 4 is 45.6 Å². The summed E-state index contributed by atoms with van der Waals surface area (Å²) in [6, 6.07) is 4.29. The minimum absolute atomic E-state index is 0.0863. The lowest BCUT2D eigenvalue weighted by atomic mass is 10.0. The lowest BCUT2D eigenvalue weighted by Gasteiger charge is -2.25. The second kappa shape index (κ2) is 9.01. The average molecular weight is 531 g/mol. The zero-order valence-electron chi connectivity index (χ0n) is 20.7. The number of hydrogen-bond donors (Lipinski definition) is 2. The maximum atomic E-state index is 14.9. The Morgan fingerprint density at radius 2 is 2.11 bits per heavy atom. The average Bonchev–Trinajstić information content (AvgIpc) is 3.62. The molecular formula is C26H29ClF2N6O2. The van der Waals surface area contributed by atoms with E-state index in [1.807, 2.05) is 0 Å². The van der Waals surface area contributed by atoms with E-state index < -0.39 is 24.1 Å². The number of alkyl halides is 2. The first kappa shape index (κ1) is 24.2. The maximum absolute atomic E-state index is 14.9. The van der Waals surface area contributed by atoms with Crippen molar-refractivity contribution in [3.63, 3.8) is 0 Å². The molecule has 1 saturated carbocycles. The van der Waals surface area contributed by atoms with Gasteiger partial charge in [0.25, 0.3) is 5.56 Å². The van der Waals surface area contributed by atoms with Crippen LogP contribution in [0.3, 0.4) is 0 Å². The minimum atomic E-state index is -3.09. The number of aryl methyl sites for hydroxylation is 1. The Hall–Kier alpha value is -3.14. The van der Waals surface area contributed by atoms with Gasteiger partial charge in [-0.15, -0.1) is 0 Å². The number of fused-ring (bicyclic) bond motifs is 3. The van der Waals surface area contributed by atoms with Gasteiger partial charge in [0.1, 0.15) is 5.02 Å². The standard InChI is InChI=1S/C26H29ClF2N6O2/c1-3-14-8-9-35(12-14)25-30-11-18(27)23(33-25)31-16-6-7-19-17(10-16)20-21(24(36)34(19)2)37-13-26(28,29)22(32-20)15-4-5-15/h6-7,10-11,14-15,22,32H,3-5,8-9,12-13H2,1-2H3,(H,30,31,33). The van der Waals surface area contributed by atoms with Crippen LogP contribution in [0.4, 0.5) is 31.9 Å². The Balaban J connectivity index is 1.38. The van der Waals surface area contributed by atoms with Gasteiger partial charge in [0.2, 0.25) is 11.7 Å². The number of ether oxygens (including phenoxy) is 1. The highest BCUT2D eigenvalue weighted by molar-refractivity contribution is 6.32. The molecule has 4 heterocycles. The van der Waals surface area contributed by atoms with Gasteiger partial charge >= 0.3 is 5.92 Å². The van der Waals surface area contributed by atoms with Gasteiger partial charge in [-0.1, -0.05) is 24.9 Å². The van der Waals surface area contributed by atoms with Crippen LogP contribution in [0, 0.1) is 11.8 Å². The summed E-state index contributed by atoms with van der Waals surface area (Å²) in [7, 11) is 1.61. The van der Waals surface area contributed by atoms with Crippen LogP contribution in [0.2, 0.25) is 5.02 Å². The number of rotatable bonds is 5. The van der Waals surface area contributed by atoms with Gasteiger partial charge in [0.05, 0.1) is 23.4 Å². The molecule has 0 spiro atoms. The van der Waals surface area contributed by atoms with Crippen molar-refractivity contribution in [2.24, 2.45) is 18.9 Å². The van der Waals surface area contributed by atoms with E-state index in [2.05, 4.69) is 32.4 Å². The molecule has 3 aliphatic rings. The van der Waals surface area contributed by atoms with Gasteiger partial charge in [-0.2, -0.15) is 4.98 Å². The number of benzene rings is 1. The highest BCUT2D eigenvalue weighted by Gasteiger charge is 2.51. The quantitative estimate of drug-likeness (QED) is 0.470. The fourth-order valence-electron chi connectivity index (χ4n) is 5.37. The first-order valence-corrected chi connectivity index (χ1v) is 13.1. The summed E-state index contributed by atoms with van der Waals surface area (Å²) >= 11 is 6.44. The van der Waals surface area contributed by atoms with Crippen LogP contribution in [0.15, 0.2) is 29.2 Å². The Morgan fingerprint density at radius 3 is 2.84 bits per heavy atom. The molecule has 196 valence electrons. The molecule has 1 aliphatic carbocycles. The van der Waals surface area contributed by atoms with Crippen molar-refractivity contribution in [1.82, 2.24) is 14.5 Å². The van der Waals surface area contributed by atoms with E-state index in [4.69, 9.17) is 16.3 Å². The monoisotopic (exact) mass is 530 g/mol. The molecule has 1 aromatic carbocycles. The first-order chi connectivity index (χ1) is 17.7. The molecule has 2 atom stereocenters. The van der Waals surface area contributed by atoms with Crippen LogP contribution in [0.5, 0.6) is 5.75 Å². The summed E-state index contributed by atoms with van der Waals surface area (Å²) in [4.78, 5) is 24.3. The van der Waals surface area contributed by atoms with E-state index in [-0.39, 0.29) is 11.7 Å². The highest BCUT2D eigenvalue weighted by Crippen LogP contribution is 2.45. The summed E-state index contributed by atoms with van der Waals surface area (Å²) in [6.07, 6.45) is 5.26. The van der Waals surface area contributed by atoms with Crippen LogP contribution in [0.25, 0.3) is 10.9 Å². The van der Waals surface area contributed by atoms with E-state index in [0.717, 1.165) is 38.8 Å². The highest BCUT2D eigenvalue weighted by atomic mass is 35.5. The van der Waals surface area contributed by atoms with E-state index in [9.17, 15) is 13.6 Å². The summed E-state index contributed by atoms with van der Waals surface area (Å²) in [5.74, 6) is -1.64. The predicted molar refractivity (Wildman–Crippen MR) is 141 cm³/mol. The van der Waals surface area contributed by atoms with Crippen molar-refractivity contribution < 1.29 is 13.5 Å². The number of aromatic nitrogens is 3. The Labute approximate surface area is 218 Å². The largest absolute Gasteiger partial charge is 0.480 e. The lowest BCUT2D eigenvalue weighted by Crippen LogP contribution is -2.44. The topological polar surface area (TPSA) is 84.3 Å². The second-order valence-electron chi connectivity index (χ2n) is 10.3. The first-order valence-electron chi connectivity index (χ1n) is 12.7. The van der Waals surface area contributed by atoms with E-state index in [1.165, 1.54) is 4.57 Å². The Morgan fingerprint density at radius 1 is 1.30 bits per heavy atom. The predicted octanol–water partition coefficient (Wildman–Crippen LogP) is 5.18. The number of nitrogens with zero attached hydrogens (tertiary/aromatic N) is 4. The second-order valence-corrected chi connectivity index (χ2v) is 10.7. The summed E-state index contributed by atoms with van der Waals surface area (Å²) in [5.41, 5.74) is 1.09. The third kappa shape index (κ3) is 4.35. The number of hydrogen-bond acceptors (Lipinski definition) is 7. The molecule has 8 nitrogen and oxygen atoms in total. The molecule has 2 unspecified atom stereocenters. The normalized spacial score (nSPS) is 22.8. The third-order valence-corrected chi connectivity index (χ3v) is 8.03. The summed E-state index contributed by atoms with van der Waals surface area (Å²) in [6.45, 7) is 3.16. The molecule has 0 bridgehead atoms. The summed E-state index contributed by atoms with van der Waals surface area (Å²) in [5, 5.41) is 7.23. The lowest BCUT2D eigenvalue weighted by molar-refractivity contribution is -0.0579. The van der Waals surface area contributed by atoms with E-state index >= 15 is 0 Å². The van der Waals surface area contributed by atoms with Crippen molar-refractivity contribution in [3.05, 3.63) is 39.8 Å². The minimum Gasteiger partial charge on any atom is -0.480 e. The van der Waals surface area contributed by atoms with Crippen LogP contribution < -0.4 is 25.8 Å². The van der Waals surface area contributed by atoms with Crippen molar-refractivity contribution in [2.75, 3.05) is 35.2 Å². The fraction of sp³-hybridized carbons (Fsp3) is 0.500. The smallest absolute Gasteiger partial charge is 0.301 e. The van der Waals surface area contributed by atoms with Gasteiger partial charge in [0.15, 0.2) is 12.4 Å². The number of anilines is 4. The zero-order chi connectivity index (χ0) is 25.9. The molecule has 3 aromatic rings. The van der Waals surface area contributed by atoms with Crippen molar-refractivity contribution in [2.45, 2.75) is 44.6 Å². The van der Waals surface area contributed by atoms with Crippen LogP contribution in [0.1, 0.15) is 32.6 Å². The molecule has 2 aliphatic heterocycles. The van der Waals surface area contributed by atoms with E-state index in [1.54, 1.807) is 31.4 Å². The van der Waals surface area contributed by atoms with Crippen LogP contribution in [-0.4, -0.2) is 46.2 Å². The molecule has 37 heavy (non-hydrogen) atoms. The summed E-state index contributed by atoms with van der Waals surface area (Å²) < 4.78 is 36.7. The van der Waals surface area contributed by atoms with E-state index in [0.29, 0.717) is 45.0 Å². The molecule has 2 fully saturated rings. The third-order valence-electron chi connectivity index (χ3n) is 7.75. The van der Waals surface area contributed by atoms with Crippen LogP contribution >= 0.6 is 11.6 Å². The van der Waals surface area contributed by atoms with Gasteiger partial charge < -0.3 is 24.8 Å². The van der Waals surface area contributed by atoms with Crippen LogP contribution in [-0.2, 0) is 7.05 Å². The molecule has 0 radical (unpaired) electrons. The van der Waals surface area contributed by atoms with Gasteiger partial charge in [-0.3, -0.25) is 4.79 Å². The molecule has 2 N–H and O–H groups in total. The number of pyridine rings is 1. The Bertz CT molecular complexity index is 1430. The van der Waals surface area contributed by atoms with Gasteiger partial charge in [0, 0.05) is 31.2 Å². The molecule has 11 heteroatoms. The van der Waals surface area contributed by atoms with Gasteiger partial charge in [-0.25, -0.2) is 13.8 Å².